The van der Waals surface area contributed by atoms with Crippen LogP contribution in [0, 0.1) is 35.5 Å². The van der Waals surface area contributed by atoms with E-state index in [1.807, 2.05) is 20.9 Å². The SMILES string of the molecule is C=C(C(C)C)C(C)C.C=C(NC)C1C2C=CC(C2)C1C.CC. The summed E-state index contributed by atoms with van der Waals surface area (Å²) in [6.07, 6.45) is 6.11. The average molecular weight is 306 g/mol. The predicted octanol–water partition coefficient (Wildman–Crippen LogP) is 6.06. The molecule has 2 aliphatic carbocycles. The van der Waals surface area contributed by atoms with Crippen LogP contribution < -0.4 is 5.32 Å². The van der Waals surface area contributed by atoms with E-state index in [1.165, 1.54) is 17.7 Å². The van der Waals surface area contributed by atoms with Crippen LogP contribution in [-0.2, 0) is 0 Å². The Balaban J connectivity index is 0.000000388. The molecule has 2 rings (SSSR count). The average Bonchev–Trinajstić information content (AvgIpc) is 3.09. The first-order chi connectivity index (χ1) is 10.3. The van der Waals surface area contributed by atoms with Gasteiger partial charge in [-0.2, -0.15) is 0 Å². The molecular formula is C21H39N. The number of rotatable bonds is 4. The molecule has 1 heteroatoms. The van der Waals surface area contributed by atoms with E-state index in [-0.39, 0.29) is 0 Å². The molecule has 1 nitrogen and oxygen atoms in total. The third-order valence-corrected chi connectivity index (χ3v) is 5.06. The van der Waals surface area contributed by atoms with E-state index in [9.17, 15) is 0 Å². The number of allylic oxidation sites excluding steroid dienone is 4. The Morgan fingerprint density at radius 2 is 1.45 bits per heavy atom. The van der Waals surface area contributed by atoms with E-state index in [1.54, 1.807) is 0 Å². The smallest absolute Gasteiger partial charge is 0.00745 e. The molecule has 2 bridgehead atoms. The van der Waals surface area contributed by atoms with Gasteiger partial charge in [0.05, 0.1) is 0 Å². The van der Waals surface area contributed by atoms with E-state index in [0.29, 0.717) is 17.8 Å². The molecule has 0 aromatic heterocycles. The molecule has 128 valence electrons. The van der Waals surface area contributed by atoms with E-state index in [0.717, 1.165) is 17.8 Å². The third kappa shape index (κ3) is 5.34. The molecule has 1 N–H and O–H groups in total. The Bertz CT molecular complexity index is 365. The van der Waals surface area contributed by atoms with Gasteiger partial charge < -0.3 is 5.32 Å². The number of hydrogen-bond acceptors (Lipinski definition) is 1. The lowest BCUT2D eigenvalue weighted by atomic mass is 9.82. The maximum absolute atomic E-state index is 4.08. The molecule has 0 amide bonds. The molecule has 4 unspecified atom stereocenters. The van der Waals surface area contributed by atoms with E-state index in [2.05, 4.69) is 65.2 Å². The van der Waals surface area contributed by atoms with Crippen molar-refractivity contribution < 1.29 is 0 Å². The highest BCUT2D eigenvalue weighted by Gasteiger charge is 2.42. The van der Waals surface area contributed by atoms with Gasteiger partial charge in [-0.15, -0.1) is 0 Å². The Labute approximate surface area is 140 Å². The van der Waals surface area contributed by atoms with Gasteiger partial charge in [0.2, 0.25) is 0 Å². The van der Waals surface area contributed by atoms with Crippen LogP contribution in [0.4, 0.5) is 0 Å². The summed E-state index contributed by atoms with van der Waals surface area (Å²) in [5.74, 6) is 4.37. The topological polar surface area (TPSA) is 12.0 Å². The molecule has 0 aliphatic heterocycles. The van der Waals surface area contributed by atoms with E-state index >= 15 is 0 Å². The van der Waals surface area contributed by atoms with Gasteiger partial charge in [0.25, 0.3) is 0 Å². The van der Waals surface area contributed by atoms with E-state index < -0.39 is 0 Å². The summed E-state index contributed by atoms with van der Waals surface area (Å²) in [5, 5.41) is 3.19. The maximum Gasteiger partial charge on any atom is 0.00745 e. The zero-order valence-electron chi connectivity index (χ0n) is 16.2. The Morgan fingerprint density at radius 3 is 1.73 bits per heavy atom. The Kier molecular flexibility index (Phi) is 9.48. The Morgan fingerprint density at radius 1 is 1.00 bits per heavy atom. The number of hydrogen-bond donors (Lipinski definition) is 1. The van der Waals surface area contributed by atoms with Crippen molar-refractivity contribution in [1.29, 1.82) is 0 Å². The summed E-state index contributed by atoms with van der Waals surface area (Å²) < 4.78 is 0. The highest BCUT2D eigenvalue weighted by molar-refractivity contribution is 5.19. The summed E-state index contributed by atoms with van der Waals surface area (Å²) in [5.41, 5.74) is 2.57. The predicted molar refractivity (Wildman–Crippen MR) is 102 cm³/mol. The molecule has 0 spiro atoms. The van der Waals surface area contributed by atoms with Gasteiger partial charge in [0, 0.05) is 18.7 Å². The van der Waals surface area contributed by atoms with Crippen molar-refractivity contribution in [3.63, 3.8) is 0 Å². The lowest BCUT2D eigenvalue weighted by molar-refractivity contribution is 0.372. The minimum absolute atomic E-state index is 0.648. The van der Waals surface area contributed by atoms with Crippen molar-refractivity contribution in [3.05, 3.63) is 36.6 Å². The summed E-state index contributed by atoms with van der Waals surface area (Å²) in [6, 6.07) is 0. The van der Waals surface area contributed by atoms with Crippen LogP contribution in [0.15, 0.2) is 36.6 Å². The minimum Gasteiger partial charge on any atom is -0.392 e. The second-order valence-corrected chi connectivity index (χ2v) is 6.99. The first-order valence-electron chi connectivity index (χ1n) is 9.03. The molecule has 4 atom stereocenters. The third-order valence-electron chi connectivity index (χ3n) is 5.06. The molecule has 0 aromatic rings. The lowest BCUT2D eigenvalue weighted by Gasteiger charge is -2.26. The van der Waals surface area contributed by atoms with Gasteiger partial charge >= 0.3 is 0 Å². The Hall–Kier alpha value is -0.980. The molecule has 0 heterocycles. The first kappa shape index (κ1) is 21.0. The molecule has 22 heavy (non-hydrogen) atoms. The maximum atomic E-state index is 4.08. The largest absolute Gasteiger partial charge is 0.392 e. The minimum atomic E-state index is 0.648. The zero-order chi connectivity index (χ0) is 17.4. The van der Waals surface area contributed by atoms with Crippen LogP contribution in [0.5, 0.6) is 0 Å². The summed E-state index contributed by atoms with van der Waals surface area (Å²) >= 11 is 0. The molecular weight excluding hydrogens is 266 g/mol. The van der Waals surface area contributed by atoms with E-state index in [4.69, 9.17) is 0 Å². The van der Waals surface area contributed by atoms with Crippen molar-refractivity contribution in [2.75, 3.05) is 7.05 Å². The highest BCUT2D eigenvalue weighted by Crippen LogP contribution is 2.49. The van der Waals surface area contributed by atoms with Gasteiger partial charge in [-0.05, 0) is 36.0 Å². The van der Waals surface area contributed by atoms with Crippen molar-refractivity contribution in [2.45, 2.75) is 54.9 Å². The van der Waals surface area contributed by atoms with Gasteiger partial charge in [-0.25, -0.2) is 0 Å². The zero-order valence-corrected chi connectivity index (χ0v) is 16.2. The second-order valence-electron chi connectivity index (χ2n) is 6.99. The van der Waals surface area contributed by atoms with Crippen LogP contribution in [0.1, 0.15) is 54.9 Å². The molecule has 0 radical (unpaired) electrons. The molecule has 2 aliphatic rings. The van der Waals surface area contributed by atoms with Crippen LogP contribution >= 0.6 is 0 Å². The second kappa shape index (κ2) is 9.92. The van der Waals surface area contributed by atoms with Gasteiger partial charge in [-0.1, -0.05) is 79.3 Å². The van der Waals surface area contributed by atoms with Crippen LogP contribution in [-0.4, -0.2) is 7.05 Å². The monoisotopic (exact) mass is 305 g/mol. The summed E-state index contributed by atoms with van der Waals surface area (Å²) in [7, 11) is 1.98. The highest BCUT2D eigenvalue weighted by atomic mass is 14.8. The molecule has 1 fully saturated rings. The summed E-state index contributed by atoms with van der Waals surface area (Å²) in [6.45, 7) is 23.1. The molecule has 1 saturated carbocycles. The number of nitrogens with one attached hydrogen (secondary N) is 1. The van der Waals surface area contributed by atoms with Gasteiger partial charge in [0.15, 0.2) is 0 Å². The summed E-state index contributed by atoms with van der Waals surface area (Å²) in [4.78, 5) is 0. The van der Waals surface area contributed by atoms with Crippen molar-refractivity contribution in [2.24, 2.45) is 35.5 Å². The fourth-order valence-electron chi connectivity index (χ4n) is 3.48. The normalized spacial score (nSPS) is 27.9. The fourth-order valence-corrected chi connectivity index (χ4v) is 3.48. The van der Waals surface area contributed by atoms with Crippen LogP contribution in [0.2, 0.25) is 0 Å². The fraction of sp³-hybridized carbons (Fsp3) is 0.714. The van der Waals surface area contributed by atoms with Gasteiger partial charge in [0.1, 0.15) is 0 Å². The van der Waals surface area contributed by atoms with Crippen LogP contribution in [0.25, 0.3) is 0 Å². The standard InChI is InChI=1S/C11H17N.C8H16.C2H6/c1-7-9-4-5-10(6-9)11(7)8(2)12-3;1-6(2)8(5)7(3)4;1-2/h4-5,7,9-12H,2,6H2,1,3H3;6-7H,5H2,1-4H3;1-2H3. The van der Waals surface area contributed by atoms with Gasteiger partial charge in [-0.3, -0.25) is 0 Å². The van der Waals surface area contributed by atoms with Crippen molar-refractivity contribution in [1.82, 2.24) is 5.32 Å². The lowest BCUT2D eigenvalue weighted by Crippen LogP contribution is -2.24. The molecule has 0 aromatic carbocycles. The first-order valence-corrected chi connectivity index (χ1v) is 9.03. The molecule has 0 saturated heterocycles. The van der Waals surface area contributed by atoms with Crippen LogP contribution in [0.3, 0.4) is 0 Å². The quantitative estimate of drug-likeness (QED) is 0.623. The number of fused-ring (bicyclic) bond motifs is 2. The van der Waals surface area contributed by atoms with Crippen molar-refractivity contribution >= 4 is 0 Å². The van der Waals surface area contributed by atoms with Crippen molar-refractivity contribution in [3.8, 4) is 0 Å².